The fourth-order valence-electron chi connectivity index (χ4n) is 1.44. The molecule has 0 saturated heterocycles. The smallest absolute Gasteiger partial charge is 0.326 e. The zero-order valence-corrected chi connectivity index (χ0v) is 10.3. The molecule has 0 aromatic heterocycles. The Labute approximate surface area is 110 Å². The molecule has 2 amide bonds. The Morgan fingerprint density at radius 3 is 2.47 bits per heavy atom. The van der Waals surface area contributed by atoms with Crippen molar-refractivity contribution in [3.63, 3.8) is 0 Å². The van der Waals surface area contributed by atoms with Gasteiger partial charge in [-0.25, -0.2) is 9.59 Å². The van der Waals surface area contributed by atoms with Crippen LogP contribution in [0.3, 0.4) is 0 Å². The molecule has 1 atom stereocenters. The van der Waals surface area contributed by atoms with Gasteiger partial charge >= 0.3 is 12.0 Å². The molecule has 0 bridgehead atoms. The lowest BCUT2D eigenvalue weighted by atomic mass is 10.1. The number of rotatable bonds is 6. The number of amides is 2. The molecule has 4 N–H and O–H groups in total. The first kappa shape index (κ1) is 14.6. The van der Waals surface area contributed by atoms with Gasteiger partial charge < -0.3 is 20.8 Å². The third-order valence-electron chi connectivity index (χ3n) is 2.39. The molecule has 0 spiro atoms. The zero-order valence-electron chi connectivity index (χ0n) is 10.3. The molecule has 0 heterocycles. The maximum Gasteiger partial charge on any atom is 0.326 e. The van der Waals surface area contributed by atoms with Crippen LogP contribution in [0.15, 0.2) is 36.9 Å². The molecule has 102 valence electrons. The predicted molar refractivity (Wildman–Crippen MR) is 70.0 cm³/mol. The second-order valence-corrected chi connectivity index (χ2v) is 3.90. The molecule has 1 unspecified atom stereocenters. The van der Waals surface area contributed by atoms with Crippen LogP contribution in [0.5, 0.6) is 5.75 Å². The highest BCUT2D eigenvalue weighted by Gasteiger charge is 2.19. The van der Waals surface area contributed by atoms with E-state index in [1.807, 2.05) is 0 Å². The van der Waals surface area contributed by atoms with Crippen molar-refractivity contribution in [2.75, 3.05) is 6.54 Å². The Bertz CT molecular complexity index is 456. The summed E-state index contributed by atoms with van der Waals surface area (Å²) < 4.78 is 0. The van der Waals surface area contributed by atoms with Crippen molar-refractivity contribution in [2.45, 2.75) is 12.5 Å². The molecule has 6 heteroatoms. The van der Waals surface area contributed by atoms with E-state index in [0.29, 0.717) is 5.56 Å². The van der Waals surface area contributed by atoms with E-state index < -0.39 is 18.0 Å². The second-order valence-electron chi connectivity index (χ2n) is 3.90. The third-order valence-corrected chi connectivity index (χ3v) is 2.39. The van der Waals surface area contributed by atoms with E-state index in [-0.39, 0.29) is 18.7 Å². The molecule has 0 fully saturated rings. The monoisotopic (exact) mass is 264 g/mol. The average molecular weight is 264 g/mol. The Morgan fingerprint density at radius 2 is 1.95 bits per heavy atom. The number of aliphatic carboxylic acids is 1. The molecule has 0 aliphatic rings. The topological polar surface area (TPSA) is 98.7 Å². The van der Waals surface area contributed by atoms with Crippen LogP contribution in [0.25, 0.3) is 0 Å². The number of hydrogen-bond acceptors (Lipinski definition) is 3. The summed E-state index contributed by atoms with van der Waals surface area (Å²) in [5.41, 5.74) is 0.703. The molecule has 0 radical (unpaired) electrons. The maximum atomic E-state index is 11.4. The Morgan fingerprint density at radius 1 is 1.32 bits per heavy atom. The summed E-state index contributed by atoms with van der Waals surface area (Å²) in [5.74, 6) is -1.02. The summed E-state index contributed by atoms with van der Waals surface area (Å²) in [6.07, 6.45) is 1.63. The molecular weight excluding hydrogens is 248 g/mol. The number of carboxylic acid groups (broad SMARTS) is 1. The first-order valence-electron chi connectivity index (χ1n) is 5.69. The van der Waals surface area contributed by atoms with E-state index in [2.05, 4.69) is 17.2 Å². The highest BCUT2D eigenvalue weighted by atomic mass is 16.4. The molecule has 6 nitrogen and oxygen atoms in total. The number of carboxylic acids is 1. The summed E-state index contributed by atoms with van der Waals surface area (Å²) in [7, 11) is 0. The molecular formula is C13H16N2O4. The molecule has 1 aromatic rings. The quantitative estimate of drug-likeness (QED) is 0.573. The van der Waals surface area contributed by atoms with Gasteiger partial charge in [-0.1, -0.05) is 18.2 Å². The number of nitrogens with one attached hydrogen (secondary N) is 2. The first-order chi connectivity index (χ1) is 9.02. The molecule has 1 rings (SSSR count). The highest BCUT2D eigenvalue weighted by Crippen LogP contribution is 2.11. The number of aromatic hydroxyl groups is 1. The van der Waals surface area contributed by atoms with Gasteiger partial charge in [0.25, 0.3) is 0 Å². The van der Waals surface area contributed by atoms with E-state index >= 15 is 0 Å². The van der Waals surface area contributed by atoms with Crippen molar-refractivity contribution in [1.29, 1.82) is 0 Å². The van der Waals surface area contributed by atoms with Gasteiger partial charge in [-0.05, 0) is 17.7 Å². The number of carbonyl (C=O) groups is 2. The number of benzene rings is 1. The van der Waals surface area contributed by atoms with Crippen LogP contribution in [0.1, 0.15) is 5.56 Å². The third kappa shape index (κ3) is 5.12. The van der Waals surface area contributed by atoms with E-state index in [9.17, 15) is 9.59 Å². The fraction of sp³-hybridized carbons (Fsp3) is 0.231. The predicted octanol–water partition coefficient (Wildman–Crippen LogP) is 0.873. The van der Waals surface area contributed by atoms with Crippen molar-refractivity contribution >= 4 is 12.0 Å². The van der Waals surface area contributed by atoms with Gasteiger partial charge in [0, 0.05) is 13.0 Å². The number of phenols is 1. The minimum Gasteiger partial charge on any atom is -0.508 e. The van der Waals surface area contributed by atoms with Gasteiger partial charge in [0.15, 0.2) is 0 Å². The van der Waals surface area contributed by atoms with Gasteiger partial charge in [0.05, 0.1) is 0 Å². The Kier molecular flexibility index (Phi) is 5.40. The standard InChI is InChI=1S/C13H16N2O4/c1-2-7-14-13(19)15-11(12(17)18)8-9-3-5-10(16)6-4-9/h2-6,11,16H,1,7-8H2,(H,17,18)(H2,14,15,19). The highest BCUT2D eigenvalue weighted by molar-refractivity contribution is 5.82. The normalized spacial score (nSPS) is 11.4. The first-order valence-corrected chi connectivity index (χ1v) is 5.69. The van der Waals surface area contributed by atoms with Crippen molar-refractivity contribution in [3.05, 3.63) is 42.5 Å². The van der Waals surface area contributed by atoms with Gasteiger partial charge in [-0.15, -0.1) is 6.58 Å². The molecule has 19 heavy (non-hydrogen) atoms. The van der Waals surface area contributed by atoms with Crippen molar-refractivity contribution < 1.29 is 19.8 Å². The minimum absolute atomic E-state index is 0.104. The molecule has 1 aromatic carbocycles. The van der Waals surface area contributed by atoms with Crippen LogP contribution < -0.4 is 10.6 Å². The number of hydrogen-bond donors (Lipinski definition) is 4. The molecule has 0 aliphatic carbocycles. The molecule has 0 saturated carbocycles. The van der Waals surface area contributed by atoms with Crippen molar-refractivity contribution in [1.82, 2.24) is 10.6 Å². The lowest BCUT2D eigenvalue weighted by Crippen LogP contribution is -2.47. The second kappa shape index (κ2) is 7.05. The van der Waals surface area contributed by atoms with Crippen molar-refractivity contribution in [3.8, 4) is 5.75 Å². The van der Waals surface area contributed by atoms with Crippen LogP contribution >= 0.6 is 0 Å². The van der Waals surface area contributed by atoms with Gasteiger partial charge in [-0.3, -0.25) is 0 Å². The van der Waals surface area contributed by atoms with Crippen LogP contribution in [-0.4, -0.2) is 34.8 Å². The summed E-state index contributed by atoms with van der Waals surface area (Å²) >= 11 is 0. The molecule has 0 aliphatic heterocycles. The Hall–Kier alpha value is -2.50. The van der Waals surface area contributed by atoms with Crippen LogP contribution in [0.2, 0.25) is 0 Å². The van der Waals surface area contributed by atoms with Gasteiger partial charge in [0.2, 0.25) is 0 Å². The number of urea groups is 1. The average Bonchev–Trinajstić information content (AvgIpc) is 2.38. The van der Waals surface area contributed by atoms with Gasteiger partial charge in [-0.2, -0.15) is 0 Å². The lowest BCUT2D eigenvalue weighted by Gasteiger charge is -2.14. The summed E-state index contributed by atoms with van der Waals surface area (Å²) in [6.45, 7) is 3.70. The van der Waals surface area contributed by atoms with Gasteiger partial charge in [0.1, 0.15) is 11.8 Å². The lowest BCUT2D eigenvalue weighted by molar-refractivity contribution is -0.139. The van der Waals surface area contributed by atoms with Crippen molar-refractivity contribution in [2.24, 2.45) is 0 Å². The fourth-order valence-corrected chi connectivity index (χ4v) is 1.44. The summed E-state index contributed by atoms with van der Waals surface area (Å²) in [6, 6.07) is 4.54. The number of carbonyl (C=O) groups excluding carboxylic acids is 1. The largest absolute Gasteiger partial charge is 0.508 e. The Balaban J connectivity index is 2.62. The van der Waals surface area contributed by atoms with E-state index in [1.165, 1.54) is 18.2 Å². The van der Waals surface area contributed by atoms with E-state index in [1.54, 1.807) is 12.1 Å². The van der Waals surface area contributed by atoms with E-state index in [4.69, 9.17) is 10.2 Å². The van der Waals surface area contributed by atoms with Crippen LogP contribution in [0.4, 0.5) is 4.79 Å². The summed E-state index contributed by atoms with van der Waals surface area (Å²) in [5, 5.41) is 23.0. The summed E-state index contributed by atoms with van der Waals surface area (Å²) in [4.78, 5) is 22.5. The van der Waals surface area contributed by atoms with Crippen LogP contribution in [-0.2, 0) is 11.2 Å². The maximum absolute atomic E-state index is 11.4. The minimum atomic E-state index is -1.12. The van der Waals surface area contributed by atoms with Crippen LogP contribution in [0, 0.1) is 0 Å². The SMILES string of the molecule is C=CCNC(=O)NC(Cc1ccc(O)cc1)C(=O)O. The number of phenolic OH excluding ortho intramolecular Hbond substituents is 1. The zero-order chi connectivity index (χ0) is 14.3. The van der Waals surface area contributed by atoms with E-state index in [0.717, 1.165) is 0 Å².